The van der Waals surface area contributed by atoms with E-state index >= 15 is 0 Å². The highest BCUT2D eigenvalue weighted by atomic mass is 32.2. The molecule has 1 N–H and O–H groups in total. The van der Waals surface area contributed by atoms with Gasteiger partial charge in [0.05, 0.1) is 11.0 Å². The van der Waals surface area contributed by atoms with Crippen LogP contribution in [0.5, 0.6) is 0 Å². The Balaban J connectivity index is 3.62. The number of thioether (sulfide) groups is 1. The van der Waals surface area contributed by atoms with Crippen molar-refractivity contribution in [1.29, 1.82) is 0 Å². The zero-order chi connectivity index (χ0) is 11.2. The van der Waals surface area contributed by atoms with Crippen LogP contribution in [0, 0.1) is 0 Å². The first-order valence-corrected chi connectivity index (χ1v) is 7.31. The first kappa shape index (κ1) is 13.8. The third-order valence-corrected chi connectivity index (χ3v) is 4.77. The molecular formula is C8H16O4S2. The van der Waals surface area contributed by atoms with Crippen molar-refractivity contribution in [2.24, 2.45) is 0 Å². The predicted molar refractivity (Wildman–Crippen MR) is 58.5 cm³/mol. The second kappa shape index (κ2) is 6.29. The van der Waals surface area contributed by atoms with Crippen molar-refractivity contribution in [2.45, 2.75) is 25.5 Å². The normalized spacial score (nSPS) is 13.9. The molecule has 0 fully saturated rings. The Labute approximate surface area is 89.0 Å². The molecule has 6 heteroatoms. The molecule has 0 aromatic heterocycles. The summed E-state index contributed by atoms with van der Waals surface area (Å²) < 4.78 is 22.1. The molecule has 0 aliphatic carbocycles. The first-order valence-electron chi connectivity index (χ1n) is 4.44. The molecule has 0 radical (unpaired) electrons. The van der Waals surface area contributed by atoms with Gasteiger partial charge in [0.1, 0.15) is 9.84 Å². The number of hydrogen-bond donors (Lipinski definition) is 1. The summed E-state index contributed by atoms with van der Waals surface area (Å²) >= 11 is 1.27. The van der Waals surface area contributed by atoms with Gasteiger partial charge in [-0.2, -0.15) is 0 Å². The van der Waals surface area contributed by atoms with Crippen LogP contribution in [0.25, 0.3) is 0 Å². The minimum Gasteiger partial charge on any atom is -0.480 e. The molecule has 0 saturated carbocycles. The fraction of sp³-hybridized carbons (Fsp3) is 0.875. The average Bonchev–Trinajstić information content (AvgIpc) is 2.12. The van der Waals surface area contributed by atoms with E-state index in [9.17, 15) is 13.2 Å². The van der Waals surface area contributed by atoms with Gasteiger partial charge >= 0.3 is 5.97 Å². The van der Waals surface area contributed by atoms with E-state index in [1.807, 2.05) is 0 Å². The molecule has 0 spiro atoms. The molecule has 84 valence electrons. The summed E-state index contributed by atoms with van der Waals surface area (Å²) in [6.07, 6.45) is 0.526. The molecule has 0 aromatic carbocycles. The van der Waals surface area contributed by atoms with Crippen molar-refractivity contribution in [3.63, 3.8) is 0 Å². The second-order valence-corrected chi connectivity index (χ2v) is 6.86. The first-order chi connectivity index (χ1) is 6.39. The van der Waals surface area contributed by atoms with E-state index in [2.05, 4.69) is 0 Å². The summed E-state index contributed by atoms with van der Waals surface area (Å²) in [4.78, 5) is 10.4. The molecule has 0 saturated heterocycles. The monoisotopic (exact) mass is 240 g/mol. The van der Waals surface area contributed by atoms with Crippen LogP contribution in [0.3, 0.4) is 0 Å². The quantitative estimate of drug-likeness (QED) is 0.673. The fourth-order valence-electron chi connectivity index (χ4n) is 0.755. The van der Waals surface area contributed by atoms with Gasteiger partial charge in [0, 0.05) is 5.75 Å². The maximum atomic E-state index is 11.1. The van der Waals surface area contributed by atoms with E-state index in [1.54, 1.807) is 13.8 Å². The lowest BCUT2D eigenvalue weighted by molar-refractivity contribution is -0.136. The standard InChI is InChI=1S/C8H16O4S2/c1-3-14(11,12)6-4-5-13-7(2)8(9)10/h7H,3-6H2,1-2H3,(H,9,10). The highest BCUT2D eigenvalue weighted by Crippen LogP contribution is 2.12. The zero-order valence-electron chi connectivity index (χ0n) is 8.39. The fourth-order valence-corrected chi connectivity index (χ4v) is 2.62. The summed E-state index contributed by atoms with van der Waals surface area (Å²) in [5.41, 5.74) is 0. The smallest absolute Gasteiger partial charge is 0.316 e. The SMILES string of the molecule is CCS(=O)(=O)CCCSC(C)C(=O)O. The van der Waals surface area contributed by atoms with Crippen molar-refractivity contribution in [3.8, 4) is 0 Å². The summed E-state index contributed by atoms with van der Waals surface area (Å²) in [5, 5.41) is 8.09. The van der Waals surface area contributed by atoms with Gasteiger partial charge in [0.25, 0.3) is 0 Å². The van der Waals surface area contributed by atoms with Crippen LogP contribution in [0.4, 0.5) is 0 Å². The lowest BCUT2D eigenvalue weighted by atomic mass is 10.5. The number of hydrogen-bond acceptors (Lipinski definition) is 4. The van der Waals surface area contributed by atoms with Crippen LogP contribution in [-0.4, -0.2) is 42.0 Å². The summed E-state index contributed by atoms with van der Waals surface area (Å²) in [7, 11) is -2.90. The number of sulfone groups is 1. The Morgan fingerprint density at radius 2 is 2.07 bits per heavy atom. The number of carbonyl (C=O) groups is 1. The van der Waals surface area contributed by atoms with Gasteiger partial charge in [-0.15, -0.1) is 11.8 Å². The van der Waals surface area contributed by atoms with Gasteiger partial charge in [-0.05, 0) is 19.1 Å². The Kier molecular flexibility index (Phi) is 6.19. The summed E-state index contributed by atoms with van der Waals surface area (Å²) in [5.74, 6) is 0.0372. The van der Waals surface area contributed by atoms with E-state index in [0.29, 0.717) is 12.2 Å². The molecule has 0 heterocycles. The van der Waals surface area contributed by atoms with Gasteiger partial charge in [-0.1, -0.05) is 6.92 Å². The Hall–Kier alpha value is -0.230. The second-order valence-electron chi connectivity index (χ2n) is 2.94. The van der Waals surface area contributed by atoms with E-state index in [0.717, 1.165) is 0 Å². The molecule has 0 amide bonds. The minimum atomic E-state index is -2.90. The van der Waals surface area contributed by atoms with Crippen LogP contribution in [0.2, 0.25) is 0 Å². The molecular weight excluding hydrogens is 224 g/mol. The Morgan fingerprint density at radius 3 is 2.50 bits per heavy atom. The van der Waals surface area contributed by atoms with E-state index in [1.165, 1.54) is 11.8 Å². The third kappa shape index (κ3) is 6.26. The molecule has 0 aliphatic rings. The molecule has 4 nitrogen and oxygen atoms in total. The van der Waals surface area contributed by atoms with Crippen molar-refractivity contribution < 1.29 is 18.3 Å². The highest BCUT2D eigenvalue weighted by Gasteiger charge is 2.12. The summed E-state index contributed by atoms with van der Waals surface area (Å²) in [6, 6.07) is 0. The molecule has 14 heavy (non-hydrogen) atoms. The Morgan fingerprint density at radius 1 is 1.50 bits per heavy atom. The summed E-state index contributed by atoms with van der Waals surface area (Å²) in [6.45, 7) is 3.21. The Bertz CT molecular complexity index is 271. The molecule has 0 aromatic rings. The third-order valence-electron chi connectivity index (χ3n) is 1.76. The topological polar surface area (TPSA) is 71.4 Å². The maximum absolute atomic E-state index is 11.1. The van der Waals surface area contributed by atoms with Crippen LogP contribution >= 0.6 is 11.8 Å². The van der Waals surface area contributed by atoms with Crippen LogP contribution in [-0.2, 0) is 14.6 Å². The van der Waals surface area contributed by atoms with Gasteiger partial charge < -0.3 is 5.11 Å². The van der Waals surface area contributed by atoms with Crippen LogP contribution in [0.1, 0.15) is 20.3 Å². The lowest BCUT2D eigenvalue weighted by Gasteiger charge is -2.05. The van der Waals surface area contributed by atoms with Crippen LogP contribution in [0.15, 0.2) is 0 Å². The number of carboxylic acid groups (broad SMARTS) is 1. The van der Waals surface area contributed by atoms with Crippen molar-refractivity contribution in [1.82, 2.24) is 0 Å². The van der Waals surface area contributed by atoms with Crippen molar-refractivity contribution in [3.05, 3.63) is 0 Å². The van der Waals surface area contributed by atoms with Gasteiger partial charge in [0.2, 0.25) is 0 Å². The van der Waals surface area contributed by atoms with Crippen LogP contribution < -0.4 is 0 Å². The largest absolute Gasteiger partial charge is 0.480 e. The predicted octanol–water partition coefficient (Wildman–Crippen LogP) is 1.02. The van der Waals surface area contributed by atoms with E-state index in [-0.39, 0.29) is 11.5 Å². The number of rotatable bonds is 7. The lowest BCUT2D eigenvalue weighted by Crippen LogP contribution is -2.14. The zero-order valence-corrected chi connectivity index (χ0v) is 10.0. The number of aliphatic carboxylic acids is 1. The van der Waals surface area contributed by atoms with Crippen molar-refractivity contribution in [2.75, 3.05) is 17.3 Å². The van der Waals surface area contributed by atoms with E-state index in [4.69, 9.17) is 5.11 Å². The average molecular weight is 240 g/mol. The minimum absolute atomic E-state index is 0.156. The molecule has 1 unspecified atom stereocenters. The molecule has 1 atom stereocenters. The molecule has 0 bridgehead atoms. The highest BCUT2D eigenvalue weighted by molar-refractivity contribution is 8.00. The van der Waals surface area contributed by atoms with Gasteiger partial charge in [-0.25, -0.2) is 8.42 Å². The molecule has 0 rings (SSSR count). The van der Waals surface area contributed by atoms with Gasteiger partial charge in [-0.3, -0.25) is 4.79 Å². The van der Waals surface area contributed by atoms with E-state index < -0.39 is 21.1 Å². The maximum Gasteiger partial charge on any atom is 0.316 e. The van der Waals surface area contributed by atoms with Crippen molar-refractivity contribution >= 4 is 27.6 Å². The molecule has 0 aliphatic heterocycles. The van der Waals surface area contributed by atoms with Gasteiger partial charge in [0.15, 0.2) is 0 Å². The number of carboxylic acids is 1.